The highest BCUT2D eigenvalue weighted by atomic mass is 32.2. The maximum atomic E-state index is 12.2. The zero-order valence-electron chi connectivity index (χ0n) is 10.6. The van der Waals surface area contributed by atoms with Gasteiger partial charge in [0.05, 0.1) is 11.4 Å². The van der Waals surface area contributed by atoms with E-state index in [-0.39, 0.29) is 11.4 Å². The average Bonchev–Trinajstić information content (AvgIpc) is 2.91. The summed E-state index contributed by atoms with van der Waals surface area (Å²) in [5.74, 6) is 0.578. The molecule has 0 fully saturated rings. The van der Waals surface area contributed by atoms with Gasteiger partial charge in [0.25, 0.3) is 0 Å². The van der Waals surface area contributed by atoms with Crippen molar-refractivity contribution < 1.29 is 8.42 Å². The molecule has 0 saturated heterocycles. The van der Waals surface area contributed by atoms with Gasteiger partial charge in [-0.2, -0.15) is 0 Å². The van der Waals surface area contributed by atoms with Crippen molar-refractivity contribution in [2.24, 2.45) is 0 Å². The lowest BCUT2D eigenvalue weighted by atomic mass is 10.2. The summed E-state index contributed by atoms with van der Waals surface area (Å²) >= 11 is 0. The molecule has 1 aromatic carbocycles. The van der Waals surface area contributed by atoms with Crippen LogP contribution in [0.3, 0.4) is 0 Å². The molecule has 0 unspecified atom stereocenters. The first-order valence-electron chi connectivity index (χ1n) is 5.84. The molecule has 0 atom stereocenters. The summed E-state index contributed by atoms with van der Waals surface area (Å²) in [6.45, 7) is 0.640. The zero-order chi connectivity index (χ0) is 13.7. The number of nitrogens with one attached hydrogen (secondary N) is 3. The molecule has 2 aromatic rings. The Kier molecular flexibility index (Phi) is 4.31. The zero-order valence-corrected chi connectivity index (χ0v) is 11.4. The van der Waals surface area contributed by atoms with Gasteiger partial charge in [-0.25, -0.2) is 18.1 Å². The molecule has 0 bridgehead atoms. The van der Waals surface area contributed by atoms with E-state index < -0.39 is 10.0 Å². The molecule has 0 aliphatic heterocycles. The number of aromatic nitrogens is 2. The minimum Gasteiger partial charge on any atom is -0.347 e. The third-order valence-electron chi connectivity index (χ3n) is 2.61. The lowest BCUT2D eigenvalue weighted by Crippen LogP contribution is -2.25. The SMILES string of the molecule is CNCc1ccccc1S(=O)(=O)NCc1ncc[nH]1. The fourth-order valence-corrected chi connectivity index (χ4v) is 2.96. The Balaban J connectivity index is 2.19. The van der Waals surface area contributed by atoms with Crippen LogP contribution in [0.1, 0.15) is 11.4 Å². The number of aromatic amines is 1. The molecule has 3 N–H and O–H groups in total. The van der Waals surface area contributed by atoms with Crippen molar-refractivity contribution in [1.29, 1.82) is 0 Å². The van der Waals surface area contributed by atoms with Crippen molar-refractivity contribution >= 4 is 10.0 Å². The molecular formula is C12H16N4O2S. The van der Waals surface area contributed by atoms with Gasteiger partial charge >= 0.3 is 0 Å². The molecule has 0 aliphatic carbocycles. The third-order valence-corrected chi connectivity index (χ3v) is 4.12. The molecule has 6 nitrogen and oxygen atoms in total. The van der Waals surface area contributed by atoms with Crippen LogP contribution in [0.5, 0.6) is 0 Å². The van der Waals surface area contributed by atoms with Crippen LogP contribution in [-0.2, 0) is 23.1 Å². The van der Waals surface area contributed by atoms with E-state index >= 15 is 0 Å². The van der Waals surface area contributed by atoms with Crippen LogP contribution in [0.2, 0.25) is 0 Å². The van der Waals surface area contributed by atoms with E-state index in [9.17, 15) is 8.42 Å². The molecule has 102 valence electrons. The van der Waals surface area contributed by atoms with Crippen LogP contribution in [0.25, 0.3) is 0 Å². The van der Waals surface area contributed by atoms with E-state index in [4.69, 9.17) is 0 Å². The van der Waals surface area contributed by atoms with E-state index in [1.165, 1.54) is 0 Å². The maximum Gasteiger partial charge on any atom is 0.241 e. The molecule has 2 rings (SSSR count). The summed E-state index contributed by atoms with van der Waals surface area (Å²) < 4.78 is 27.0. The van der Waals surface area contributed by atoms with Gasteiger partial charge in [-0.1, -0.05) is 18.2 Å². The molecule has 0 saturated carbocycles. The Bertz CT molecular complexity index is 623. The second kappa shape index (κ2) is 5.96. The van der Waals surface area contributed by atoms with Gasteiger partial charge in [-0.3, -0.25) is 0 Å². The third kappa shape index (κ3) is 3.40. The molecule has 0 amide bonds. The number of imidazole rings is 1. The number of hydrogen-bond donors (Lipinski definition) is 3. The minimum atomic E-state index is -3.54. The van der Waals surface area contributed by atoms with Crippen LogP contribution in [-0.4, -0.2) is 25.4 Å². The van der Waals surface area contributed by atoms with E-state index in [1.807, 2.05) is 6.07 Å². The topological polar surface area (TPSA) is 86.9 Å². The van der Waals surface area contributed by atoms with Gasteiger partial charge in [-0.15, -0.1) is 0 Å². The average molecular weight is 280 g/mol. The number of nitrogens with zero attached hydrogens (tertiary/aromatic N) is 1. The monoisotopic (exact) mass is 280 g/mol. The van der Waals surface area contributed by atoms with E-state index in [1.54, 1.807) is 37.6 Å². The van der Waals surface area contributed by atoms with Crippen molar-refractivity contribution in [3.63, 3.8) is 0 Å². The summed E-state index contributed by atoms with van der Waals surface area (Å²) in [5.41, 5.74) is 0.733. The largest absolute Gasteiger partial charge is 0.347 e. The van der Waals surface area contributed by atoms with Crippen molar-refractivity contribution in [1.82, 2.24) is 20.0 Å². The number of hydrogen-bond acceptors (Lipinski definition) is 4. The molecule has 7 heteroatoms. The fraction of sp³-hybridized carbons (Fsp3) is 0.250. The van der Waals surface area contributed by atoms with Gasteiger partial charge in [0.15, 0.2) is 0 Å². The first kappa shape index (κ1) is 13.7. The smallest absolute Gasteiger partial charge is 0.241 e. The van der Waals surface area contributed by atoms with E-state index in [0.717, 1.165) is 5.56 Å². The van der Waals surface area contributed by atoms with Crippen molar-refractivity contribution in [2.75, 3.05) is 7.05 Å². The molecule has 1 aromatic heterocycles. The van der Waals surface area contributed by atoms with Crippen molar-refractivity contribution in [2.45, 2.75) is 18.0 Å². The highest BCUT2D eigenvalue weighted by Crippen LogP contribution is 2.15. The quantitative estimate of drug-likeness (QED) is 0.723. The number of rotatable bonds is 6. The van der Waals surface area contributed by atoms with Crippen LogP contribution in [0.15, 0.2) is 41.6 Å². The van der Waals surface area contributed by atoms with Gasteiger partial charge in [0, 0.05) is 18.9 Å². The number of benzene rings is 1. The summed E-state index contributed by atoms with van der Waals surface area (Å²) in [6, 6.07) is 6.91. The summed E-state index contributed by atoms with van der Waals surface area (Å²) in [4.78, 5) is 7.12. The lowest BCUT2D eigenvalue weighted by Gasteiger charge is -2.10. The van der Waals surface area contributed by atoms with E-state index in [2.05, 4.69) is 20.0 Å². The van der Waals surface area contributed by atoms with Crippen LogP contribution >= 0.6 is 0 Å². The van der Waals surface area contributed by atoms with Crippen LogP contribution in [0.4, 0.5) is 0 Å². The van der Waals surface area contributed by atoms with Gasteiger partial charge < -0.3 is 10.3 Å². The normalized spacial score (nSPS) is 11.6. The summed E-state index contributed by atoms with van der Waals surface area (Å²) in [6.07, 6.45) is 3.23. The predicted octanol–water partition coefficient (Wildman–Crippen LogP) is 0.608. The molecule has 1 heterocycles. The molecular weight excluding hydrogens is 264 g/mol. The fourth-order valence-electron chi connectivity index (χ4n) is 1.74. The molecule has 19 heavy (non-hydrogen) atoms. The second-order valence-corrected chi connectivity index (χ2v) is 5.73. The van der Waals surface area contributed by atoms with Crippen LogP contribution in [0, 0.1) is 0 Å². The number of sulfonamides is 1. The van der Waals surface area contributed by atoms with Crippen molar-refractivity contribution in [3.05, 3.63) is 48.0 Å². The van der Waals surface area contributed by atoms with E-state index in [0.29, 0.717) is 12.4 Å². The van der Waals surface area contributed by atoms with Crippen LogP contribution < -0.4 is 10.0 Å². The van der Waals surface area contributed by atoms with Gasteiger partial charge in [-0.05, 0) is 18.7 Å². The van der Waals surface area contributed by atoms with Gasteiger partial charge in [0.1, 0.15) is 5.82 Å². The second-order valence-electron chi connectivity index (χ2n) is 4.00. The standard InChI is InChI=1S/C12H16N4O2S/c1-13-8-10-4-2-3-5-11(10)19(17,18)16-9-12-14-6-7-15-12/h2-7,13,16H,8-9H2,1H3,(H,14,15). The molecule has 0 aliphatic rings. The molecule has 0 radical (unpaired) electrons. The Morgan fingerprint density at radius 3 is 2.74 bits per heavy atom. The summed E-state index contributed by atoms with van der Waals surface area (Å²) in [5, 5.41) is 2.96. The Hall–Kier alpha value is -1.70. The summed E-state index contributed by atoms with van der Waals surface area (Å²) in [7, 11) is -1.76. The molecule has 0 spiro atoms. The predicted molar refractivity (Wildman–Crippen MR) is 71.8 cm³/mol. The maximum absolute atomic E-state index is 12.2. The Morgan fingerprint density at radius 1 is 1.26 bits per heavy atom. The lowest BCUT2D eigenvalue weighted by molar-refractivity contribution is 0.577. The Morgan fingerprint density at radius 2 is 2.05 bits per heavy atom. The van der Waals surface area contributed by atoms with Crippen molar-refractivity contribution in [3.8, 4) is 0 Å². The minimum absolute atomic E-state index is 0.142. The first-order valence-corrected chi connectivity index (χ1v) is 7.32. The highest BCUT2D eigenvalue weighted by molar-refractivity contribution is 7.89. The highest BCUT2D eigenvalue weighted by Gasteiger charge is 2.17. The number of H-pyrrole nitrogens is 1. The van der Waals surface area contributed by atoms with Gasteiger partial charge in [0.2, 0.25) is 10.0 Å². The first-order chi connectivity index (χ1) is 9.13. The Labute approximate surface area is 112 Å².